The average molecular weight is 527 g/mol. The number of nitriles is 2. The van der Waals surface area contributed by atoms with E-state index in [1.807, 2.05) is 6.92 Å². The van der Waals surface area contributed by atoms with E-state index >= 15 is 0 Å². The zero-order chi connectivity index (χ0) is 26.0. The molecule has 0 bridgehead atoms. The van der Waals surface area contributed by atoms with Crippen LogP contribution in [0.3, 0.4) is 0 Å². The minimum absolute atomic E-state index is 0.562. The Morgan fingerprint density at radius 1 is 0.857 bits per heavy atom. The van der Waals surface area contributed by atoms with Gasteiger partial charge >= 0.3 is 0 Å². The normalized spacial score (nSPS) is 11.1. The SMILES string of the molecule is CCC.CCCc1nc2ncc(C#N)c(CC)c2s1.CCc1c(C#N)cnc2nc(S(C)=O)sc12. The van der Waals surface area contributed by atoms with Crippen molar-refractivity contribution in [1.82, 2.24) is 19.9 Å². The number of thiazole rings is 2. The monoisotopic (exact) mass is 526 g/mol. The van der Waals surface area contributed by atoms with Crippen LogP contribution in [0.4, 0.5) is 0 Å². The van der Waals surface area contributed by atoms with E-state index in [-0.39, 0.29) is 0 Å². The summed E-state index contributed by atoms with van der Waals surface area (Å²) in [6, 6.07) is 4.31. The largest absolute Gasteiger partial charge is 0.252 e. The number of rotatable bonds is 5. The van der Waals surface area contributed by atoms with E-state index in [1.165, 1.54) is 24.0 Å². The van der Waals surface area contributed by atoms with Gasteiger partial charge in [0.05, 0.1) is 36.3 Å². The fraction of sp³-hybridized carbons (Fsp3) is 0.440. The van der Waals surface area contributed by atoms with Crippen molar-refractivity contribution >= 4 is 54.2 Å². The van der Waals surface area contributed by atoms with Gasteiger partial charge in [-0.1, -0.05) is 41.0 Å². The molecule has 0 aromatic carbocycles. The number of pyridine rings is 2. The lowest BCUT2D eigenvalue weighted by Gasteiger charge is -1.99. The van der Waals surface area contributed by atoms with Crippen LogP contribution in [0.5, 0.6) is 0 Å². The smallest absolute Gasteiger partial charge is 0.183 e. The molecule has 0 saturated heterocycles. The molecule has 1 atom stereocenters. The molecule has 184 valence electrons. The van der Waals surface area contributed by atoms with Crippen molar-refractivity contribution in [3.05, 3.63) is 39.7 Å². The second-order valence-electron chi connectivity index (χ2n) is 7.54. The van der Waals surface area contributed by atoms with Crippen molar-refractivity contribution in [1.29, 1.82) is 10.5 Å². The van der Waals surface area contributed by atoms with E-state index in [0.717, 1.165) is 56.9 Å². The van der Waals surface area contributed by atoms with Gasteiger partial charge in [-0.15, -0.1) is 22.7 Å². The summed E-state index contributed by atoms with van der Waals surface area (Å²) in [5.74, 6) is 0. The molecule has 1 unspecified atom stereocenters. The van der Waals surface area contributed by atoms with Gasteiger partial charge in [-0.3, -0.25) is 4.21 Å². The maximum atomic E-state index is 11.3. The second-order valence-corrected chi connectivity index (χ2v) is 11.2. The van der Waals surface area contributed by atoms with Gasteiger partial charge in [0.25, 0.3) is 0 Å². The number of nitrogens with zero attached hydrogens (tertiary/aromatic N) is 6. The molecule has 35 heavy (non-hydrogen) atoms. The molecule has 0 aliphatic heterocycles. The number of hydrogen-bond donors (Lipinski definition) is 0. The highest BCUT2D eigenvalue weighted by Gasteiger charge is 2.14. The number of hydrogen-bond acceptors (Lipinski definition) is 9. The summed E-state index contributed by atoms with van der Waals surface area (Å²) in [5, 5.41) is 19.1. The molecule has 0 spiro atoms. The van der Waals surface area contributed by atoms with Gasteiger partial charge in [0.2, 0.25) is 0 Å². The molecule has 0 amide bonds. The first-order chi connectivity index (χ1) is 16.9. The zero-order valence-electron chi connectivity index (χ0n) is 21.0. The van der Waals surface area contributed by atoms with E-state index in [0.29, 0.717) is 21.1 Å². The lowest BCUT2D eigenvalue weighted by molar-refractivity contribution is 0.686. The molecule has 0 aliphatic rings. The van der Waals surface area contributed by atoms with Gasteiger partial charge < -0.3 is 0 Å². The fourth-order valence-electron chi connectivity index (χ4n) is 3.21. The maximum Gasteiger partial charge on any atom is 0.183 e. The molecule has 0 saturated carbocycles. The van der Waals surface area contributed by atoms with Gasteiger partial charge in [-0.05, 0) is 36.8 Å². The molecular formula is C25H30N6OS3. The van der Waals surface area contributed by atoms with Crippen LogP contribution in [-0.2, 0) is 30.1 Å². The second kappa shape index (κ2) is 13.9. The summed E-state index contributed by atoms with van der Waals surface area (Å²) in [6.45, 7) is 10.4. The van der Waals surface area contributed by atoms with Crippen LogP contribution in [-0.4, -0.2) is 30.4 Å². The molecule has 7 nitrogen and oxygen atoms in total. The van der Waals surface area contributed by atoms with Crippen LogP contribution in [0.25, 0.3) is 20.7 Å². The molecule has 4 aromatic heterocycles. The van der Waals surface area contributed by atoms with Crippen molar-refractivity contribution in [3.8, 4) is 12.1 Å². The van der Waals surface area contributed by atoms with Crippen molar-refractivity contribution in [3.63, 3.8) is 0 Å². The average Bonchev–Trinajstić information content (AvgIpc) is 3.47. The number of aromatic nitrogens is 4. The third-order valence-corrected chi connectivity index (χ3v) is 8.33. The maximum absolute atomic E-state index is 11.3. The first kappa shape index (κ1) is 28.4. The molecule has 10 heteroatoms. The van der Waals surface area contributed by atoms with Crippen molar-refractivity contribution in [2.24, 2.45) is 0 Å². The minimum atomic E-state index is -1.10. The summed E-state index contributed by atoms with van der Waals surface area (Å²) in [5.41, 5.74) is 4.68. The van der Waals surface area contributed by atoms with Crippen molar-refractivity contribution in [2.45, 2.75) is 71.1 Å². The Labute approximate surface area is 217 Å². The molecule has 4 heterocycles. The summed E-state index contributed by atoms with van der Waals surface area (Å²) >= 11 is 3.04. The van der Waals surface area contributed by atoms with E-state index < -0.39 is 10.8 Å². The number of aryl methyl sites for hydroxylation is 3. The molecule has 0 N–H and O–H groups in total. The summed E-state index contributed by atoms with van der Waals surface area (Å²) < 4.78 is 13.9. The van der Waals surface area contributed by atoms with Crippen LogP contribution in [0, 0.1) is 22.7 Å². The Bertz CT molecular complexity index is 1390. The summed E-state index contributed by atoms with van der Waals surface area (Å²) in [4.78, 5) is 17.0. The zero-order valence-corrected chi connectivity index (χ0v) is 23.5. The standard InChI is InChI=1S/C12H13N3S.C10H9N3OS2.C3H8/c1-3-5-10-15-12-11(16-10)9(4-2)8(6-13)7-14-12;1-3-7-6(4-11)5-12-9-8(7)15-10(13-9)16(2)14;1-3-2/h7H,3-5H2,1-2H3;5H,3H2,1-2H3;3H2,1-2H3. The van der Waals surface area contributed by atoms with Gasteiger partial charge in [-0.2, -0.15) is 10.5 Å². The number of fused-ring (bicyclic) bond motifs is 2. The first-order valence-electron chi connectivity index (χ1n) is 11.6. The highest BCUT2D eigenvalue weighted by atomic mass is 32.2. The molecule has 4 aromatic rings. The van der Waals surface area contributed by atoms with Gasteiger partial charge in [-0.25, -0.2) is 19.9 Å². The molecule has 4 rings (SSSR count). The lowest BCUT2D eigenvalue weighted by Crippen LogP contribution is -1.90. The van der Waals surface area contributed by atoms with Crippen molar-refractivity contribution in [2.75, 3.05) is 6.26 Å². The molecule has 0 aliphatic carbocycles. The van der Waals surface area contributed by atoms with Gasteiger partial charge in [0.15, 0.2) is 15.6 Å². The molecular weight excluding hydrogens is 497 g/mol. The third kappa shape index (κ3) is 6.88. The molecule has 0 fully saturated rings. The Morgan fingerprint density at radius 2 is 1.34 bits per heavy atom. The lowest BCUT2D eigenvalue weighted by atomic mass is 10.1. The van der Waals surface area contributed by atoms with Crippen molar-refractivity contribution < 1.29 is 4.21 Å². The van der Waals surface area contributed by atoms with Crippen LogP contribution in [0.2, 0.25) is 0 Å². The highest BCUT2D eigenvalue weighted by Crippen LogP contribution is 2.29. The van der Waals surface area contributed by atoms with Crippen LogP contribution >= 0.6 is 22.7 Å². The van der Waals surface area contributed by atoms with Crippen LogP contribution in [0.1, 0.15) is 74.7 Å². The first-order valence-corrected chi connectivity index (χ1v) is 14.8. The predicted octanol–water partition coefficient (Wildman–Crippen LogP) is 6.36. The van der Waals surface area contributed by atoms with E-state index in [2.05, 4.69) is 59.8 Å². The van der Waals surface area contributed by atoms with E-state index in [1.54, 1.807) is 23.8 Å². The summed E-state index contributed by atoms with van der Waals surface area (Å²) in [6.07, 6.45) is 9.70. The quantitative estimate of drug-likeness (QED) is 0.297. The third-order valence-electron chi connectivity index (χ3n) is 4.73. The minimum Gasteiger partial charge on any atom is -0.252 e. The highest BCUT2D eigenvalue weighted by molar-refractivity contribution is 7.86. The van der Waals surface area contributed by atoms with Crippen LogP contribution < -0.4 is 0 Å². The summed E-state index contributed by atoms with van der Waals surface area (Å²) in [7, 11) is -1.10. The van der Waals surface area contributed by atoms with E-state index in [9.17, 15) is 4.21 Å². The molecule has 0 radical (unpaired) electrons. The van der Waals surface area contributed by atoms with Crippen LogP contribution in [0.15, 0.2) is 16.7 Å². The topological polar surface area (TPSA) is 116 Å². The Morgan fingerprint density at radius 3 is 1.77 bits per heavy atom. The van der Waals surface area contributed by atoms with Gasteiger partial charge in [0.1, 0.15) is 12.1 Å². The van der Waals surface area contributed by atoms with E-state index in [4.69, 9.17) is 10.5 Å². The predicted molar refractivity (Wildman–Crippen MR) is 145 cm³/mol. The Kier molecular flexibility index (Phi) is 11.3. The fourth-order valence-corrected chi connectivity index (χ4v) is 6.26. The Balaban J connectivity index is 0.000000222. The van der Waals surface area contributed by atoms with Gasteiger partial charge in [0, 0.05) is 18.6 Å². The Hall–Kier alpha value is -2.79.